The molecule has 0 aliphatic rings. The van der Waals surface area contributed by atoms with Crippen molar-refractivity contribution in [2.75, 3.05) is 4.72 Å². The van der Waals surface area contributed by atoms with Crippen LogP contribution < -0.4 is 4.72 Å². The van der Waals surface area contributed by atoms with E-state index in [1.165, 1.54) is 6.07 Å². The summed E-state index contributed by atoms with van der Waals surface area (Å²) in [6.07, 6.45) is 0. The first-order chi connectivity index (χ1) is 8.81. The minimum absolute atomic E-state index is 0.168. The molecule has 2 aromatic rings. The van der Waals surface area contributed by atoms with Gasteiger partial charge in [-0.05, 0) is 48.0 Å². The number of nitrogens with zero attached hydrogens (tertiary/aromatic N) is 1. The van der Waals surface area contributed by atoms with E-state index in [4.69, 9.17) is 0 Å². The Hall–Kier alpha value is -0.860. The average molecular weight is 409 g/mol. The van der Waals surface area contributed by atoms with Gasteiger partial charge < -0.3 is 0 Å². The topological polar surface area (TPSA) is 74.8 Å². The molecule has 0 radical (unpaired) electrons. The van der Waals surface area contributed by atoms with Crippen molar-refractivity contribution >= 4 is 47.6 Å². The Bertz CT molecular complexity index is 706. The van der Waals surface area contributed by atoms with Gasteiger partial charge in [0.1, 0.15) is 4.90 Å². The third-order valence-corrected chi connectivity index (χ3v) is 5.38. The number of hydrogen-bond donors (Lipinski definition) is 2. The van der Waals surface area contributed by atoms with Crippen LogP contribution in [0.15, 0.2) is 32.0 Å². The lowest BCUT2D eigenvalue weighted by Crippen LogP contribution is -2.14. The van der Waals surface area contributed by atoms with Crippen LogP contribution in [0.1, 0.15) is 11.4 Å². The van der Waals surface area contributed by atoms with Crippen molar-refractivity contribution in [2.45, 2.75) is 18.7 Å². The highest BCUT2D eigenvalue weighted by molar-refractivity contribution is 9.11. The Morgan fingerprint density at radius 3 is 2.53 bits per heavy atom. The van der Waals surface area contributed by atoms with Gasteiger partial charge in [0.05, 0.1) is 17.1 Å². The van der Waals surface area contributed by atoms with Gasteiger partial charge in [0.2, 0.25) is 0 Å². The van der Waals surface area contributed by atoms with Crippen molar-refractivity contribution in [1.82, 2.24) is 10.2 Å². The summed E-state index contributed by atoms with van der Waals surface area (Å²) in [7, 11) is -3.67. The first kappa shape index (κ1) is 14.5. The van der Waals surface area contributed by atoms with Gasteiger partial charge in [0, 0.05) is 8.95 Å². The van der Waals surface area contributed by atoms with Crippen LogP contribution in [0, 0.1) is 13.8 Å². The van der Waals surface area contributed by atoms with E-state index in [2.05, 4.69) is 46.8 Å². The highest BCUT2D eigenvalue weighted by atomic mass is 79.9. The molecule has 1 aromatic carbocycles. The summed E-state index contributed by atoms with van der Waals surface area (Å²) in [5.74, 6) is 0. The van der Waals surface area contributed by atoms with Crippen LogP contribution in [-0.2, 0) is 10.0 Å². The molecule has 2 N–H and O–H groups in total. The fourth-order valence-corrected chi connectivity index (χ4v) is 4.26. The van der Waals surface area contributed by atoms with Crippen molar-refractivity contribution in [2.24, 2.45) is 0 Å². The second-order valence-corrected chi connectivity index (χ2v) is 7.41. The van der Waals surface area contributed by atoms with E-state index in [1.54, 1.807) is 26.0 Å². The summed E-state index contributed by atoms with van der Waals surface area (Å²) in [6, 6.07) is 4.97. The van der Waals surface area contributed by atoms with E-state index in [0.717, 1.165) is 0 Å². The van der Waals surface area contributed by atoms with Crippen molar-refractivity contribution in [1.29, 1.82) is 0 Å². The summed E-state index contributed by atoms with van der Waals surface area (Å²) >= 11 is 6.51. The SMILES string of the molecule is Cc1n[nH]c(C)c1NS(=O)(=O)c1cc(Br)ccc1Br. The number of nitrogens with one attached hydrogen (secondary N) is 2. The minimum atomic E-state index is -3.67. The van der Waals surface area contributed by atoms with Gasteiger partial charge in [-0.25, -0.2) is 8.42 Å². The van der Waals surface area contributed by atoms with Gasteiger partial charge >= 0.3 is 0 Å². The molecular formula is C11H11Br2N3O2S. The third-order valence-electron chi connectivity index (χ3n) is 2.55. The second kappa shape index (κ2) is 5.26. The standard InChI is InChI=1S/C11H11Br2N3O2S/c1-6-11(7(2)15-14-6)16-19(17,18)10-5-8(12)3-4-9(10)13/h3-5,16H,1-2H3,(H,14,15). The fourth-order valence-electron chi connectivity index (χ4n) is 1.57. The Morgan fingerprint density at radius 2 is 1.95 bits per heavy atom. The van der Waals surface area contributed by atoms with Crippen LogP contribution in [0.25, 0.3) is 0 Å². The molecule has 19 heavy (non-hydrogen) atoms. The van der Waals surface area contributed by atoms with Crippen LogP contribution in [0.5, 0.6) is 0 Å². The fraction of sp³-hybridized carbons (Fsp3) is 0.182. The second-order valence-electron chi connectivity index (χ2n) is 3.99. The molecule has 5 nitrogen and oxygen atoms in total. The molecule has 102 valence electrons. The van der Waals surface area contributed by atoms with Crippen molar-refractivity contribution < 1.29 is 8.42 Å². The summed E-state index contributed by atoms with van der Waals surface area (Å²) in [5.41, 5.74) is 1.76. The Kier molecular flexibility index (Phi) is 4.03. The van der Waals surface area contributed by atoms with Gasteiger partial charge in [-0.3, -0.25) is 9.82 Å². The van der Waals surface area contributed by atoms with Gasteiger partial charge in [-0.1, -0.05) is 15.9 Å². The Labute approximate surface area is 128 Å². The minimum Gasteiger partial charge on any atom is -0.280 e. The third kappa shape index (κ3) is 3.01. The first-order valence-electron chi connectivity index (χ1n) is 5.30. The average Bonchev–Trinajstić information content (AvgIpc) is 2.63. The van der Waals surface area contributed by atoms with E-state index in [1.807, 2.05) is 0 Å². The number of aromatic amines is 1. The van der Waals surface area contributed by atoms with Gasteiger partial charge in [-0.2, -0.15) is 5.10 Å². The van der Waals surface area contributed by atoms with Gasteiger partial charge in [0.15, 0.2) is 0 Å². The number of hydrogen-bond acceptors (Lipinski definition) is 3. The molecule has 0 saturated carbocycles. The van der Waals surface area contributed by atoms with Crippen LogP contribution in [0.3, 0.4) is 0 Å². The number of benzene rings is 1. The molecule has 0 aliphatic heterocycles. The molecule has 0 fully saturated rings. The number of halogens is 2. The van der Waals surface area contributed by atoms with Crippen LogP contribution in [-0.4, -0.2) is 18.6 Å². The number of H-pyrrole nitrogens is 1. The molecular weight excluding hydrogens is 398 g/mol. The summed E-state index contributed by atoms with van der Waals surface area (Å²) in [5, 5.41) is 6.70. The lowest BCUT2D eigenvalue weighted by Gasteiger charge is -2.10. The highest BCUT2D eigenvalue weighted by Gasteiger charge is 2.21. The molecule has 2 rings (SSSR count). The van der Waals surface area contributed by atoms with E-state index < -0.39 is 10.0 Å². The molecule has 1 aromatic heterocycles. The predicted octanol–water partition coefficient (Wildman–Crippen LogP) is 3.35. The van der Waals surface area contributed by atoms with Crippen molar-refractivity contribution in [3.63, 3.8) is 0 Å². The molecule has 0 saturated heterocycles. The van der Waals surface area contributed by atoms with E-state index in [0.29, 0.717) is 26.0 Å². The van der Waals surface area contributed by atoms with E-state index in [9.17, 15) is 8.42 Å². The normalized spacial score (nSPS) is 11.6. The maximum absolute atomic E-state index is 12.4. The summed E-state index contributed by atoms with van der Waals surface area (Å²) < 4.78 is 28.5. The van der Waals surface area contributed by atoms with Crippen LogP contribution in [0.2, 0.25) is 0 Å². The van der Waals surface area contributed by atoms with Crippen molar-refractivity contribution in [3.05, 3.63) is 38.5 Å². The van der Waals surface area contributed by atoms with Crippen LogP contribution in [0.4, 0.5) is 5.69 Å². The first-order valence-corrected chi connectivity index (χ1v) is 8.37. The highest BCUT2D eigenvalue weighted by Crippen LogP contribution is 2.28. The van der Waals surface area contributed by atoms with E-state index >= 15 is 0 Å². The molecule has 0 aliphatic carbocycles. The number of aryl methyl sites for hydroxylation is 2. The predicted molar refractivity (Wildman–Crippen MR) is 80.7 cm³/mol. The molecule has 1 heterocycles. The molecule has 0 unspecified atom stereocenters. The number of sulfonamides is 1. The number of aromatic nitrogens is 2. The lowest BCUT2D eigenvalue weighted by molar-refractivity contribution is 0.600. The van der Waals surface area contributed by atoms with Gasteiger partial charge in [-0.15, -0.1) is 0 Å². The maximum atomic E-state index is 12.4. The van der Waals surface area contributed by atoms with Crippen LogP contribution >= 0.6 is 31.9 Å². The molecule has 0 spiro atoms. The largest absolute Gasteiger partial charge is 0.280 e. The molecule has 0 amide bonds. The zero-order valence-corrected chi connectivity index (χ0v) is 14.1. The number of rotatable bonds is 3. The smallest absolute Gasteiger partial charge is 0.263 e. The summed E-state index contributed by atoms with van der Waals surface area (Å²) in [6.45, 7) is 3.49. The lowest BCUT2D eigenvalue weighted by atomic mass is 10.3. The van der Waals surface area contributed by atoms with Gasteiger partial charge in [0.25, 0.3) is 10.0 Å². The zero-order valence-electron chi connectivity index (χ0n) is 10.2. The maximum Gasteiger partial charge on any atom is 0.263 e. The van der Waals surface area contributed by atoms with E-state index in [-0.39, 0.29) is 4.90 Å². The Balaban J connectivity index is 2.47. The molecule has 0 atom stereocenters. The summed E-state index contributed by atoms with van der Waals surface area (Å²) in [4.78, 5) is 0.168. The molecule has 8 heteroatoms. The van der Waals surface area contributed by atoms with Crippen molar-refractivity contribution in [3.8, 4) is 0 Å². The zero-order chi connectivity index (χ0) is 14.2. The number of anilines is 1. The Morgan fingerprint density at radius 1 is 1.26 bits per heavy atom. The monoisotopic (exact) mass is 407 g/mol. The molecule has 0 bridgehead atoms. The quantitative estimate of drug-likeness (QED) is 0.817.